The molecule has 0 spiro atoms. The Labute approximate surface area is 256 Å². The highest BCUT2D eigenvalue weighted by molar-refractivity contribution is 7.99. The maximum Gasteiger partial charge on any atom is 0.250 e. The van der Waals surface area contributed by atoms with Gasteiger partial charge < -0.3 is 29.9 Å². The molecule has 5 rings (SSSR count). The SMILES string of the molecule is COc1ccc(NC(=O)C2(N(Cc3ccccc3)C(=O)CN3C[C@H](c4ccccc4)NC3=S)CCSCC2)c(OC)c1. The van der Waals surface area contributed by atoms with Crippen molar-refractivity contribution in [2.75, 3.05) is 44.1 Å². The van der Waals surface area contributed by atoms with Crippen molar-refractivity contribution in [3.63, 3.8) is 0 Å². The van der Waals surface area contributed by atoms with E-state index in [2.05, 4.69) is 22.8 Å². The van der Waals surface area contributed by atoms with E-state index in [1.165, 1.54) is 0 Å². The number of ether oxygens (including phenoxy) is 2. The molecule has 0 radical (unpaired) electrons. The minimum absolute atomic E-state index is 0.0000467. The van der Waals surface area contributed by atoms with Crippen LogP contribution in [0, 0.1) is 0 Å². The van der Waals surface area contributed by atoms with E-state index in [9.17, 15) is 9.59 Å². The fourth-order valence-electron chi connectivity index (χ4n) is 5.56. The van der Waals surface area contributed by atoms with Crippen LogP contribution in [0.2, 0.25) is 0 Å². The number of hydrogen-bond acceptors (Lipinski definition) is 6. The molecule has 0 unspecified atom stereocenters. The van der Waals surface area contributed by atoms with E-state index in [0.29, 0.717) is 48.2 Å². The second-order valence-corrected chi connectivity index (χ2v) is 12.0. The highest BCUT2D eigenvalue weighted by atomic mass is 32.2. The quantitative estimate of drug-likeness (QED) is 0.318. The molecule has 8 nitrogen and oxygen atoms in total. The zero-order valence-corrected chi connectivity index (χ0v) is 25.5. The van der Waals surface area contributed by atoms with Crippen molar-refractivity contribution in [1.82, 2.24) is 15.1 Å². The van der Waals surface area contributed by atoms with Gasteiger partial charge >= 0.3 is 0 Å². The van der Waals surface area contributed by atoms with Gasteiger partial charge in [-0.25, -0.2) is 0 Å². The average Bonchev–Trinajstić information content (AvgIpc) is 3.40. The molecule has 10 heteroatoms. The highest BCUT2D eigenvalue weighted by Gasteiger charge is 2.48. The number of nitrogens with one attached hydrogen (secondary N) is 2. The number of carbonyl (C=O) groups excluding carboxylic acids is 2. The summed E-state index contributed by atoms with van der Waals surface area (Å²) >= 11 is 7.46. The van der Waals surface area contributed by atoms with Crippen molar-refractivity contribution < 1.29 is 19.1 Å². The van der Waals surface area contributed by atoms with E-state index >= 15 is 0 Å². The molecule has 2 saturated heterocycles. The third kappa shape index (κ3) is 6.50. The number of rotatable bonds is 10. The molecular formula is C32H36N4O4S2. The molecule has 1 atom stereocenters. The molecule has 0 aliphatic carbocycles. The number of hydrogen-bond donors (Lipinski definition) is 2. The summed E-state index contributed by atoms with van der Waals surface area (Å²) in [6, 6.07) is 25.2. The first-order chi connectivity index (χ1) is 20.4. The summed E-state index contributed by atoms with van der Waals surface area (Å²) in [6.07, 6.45) is 1.08. The molecule has 3 aromatic carbocycles. The zero-order valence-electron chi connectivity index (χ0n) is 23.9. The molecule has 2 N–H and O–H groups in total. The second kappa shape index (κ2) is 13.5. The Morgan fingerprint density at radius 2 is 1.71 bits per heavy atom. The Kier molecular flexibility index (Phi) is 9.54. The van der Waals surface area contributed by atoms with Crippen LogP contribution in [0.1, 0.15) is 30.0 Å². The highest BCUT2D eigenvalue weighted by Crippen LogP contribution is 2.37. The third-order valence-corrected chi connectivity index (χ3v) is 9.28. The average molecular weight is 605 g/mol. The molecule has 0 saturated carbocycles. The van der Waals surface area contributed by atoms with Gasteiger partial charge in [-0.3, -0.25) is 9.59 Å². The molecule has 2 aliphatic heterocycles. The van der Waals surface area contributed by atoms with E-state index in [1.54, 1.807) is 49.1 Å². The summed E-state index contributed by atoms with van der Waals surface area (Å²) in [5.74, 6) is 2.29. The molecule has 3 aromatic rings. The minimum Gasteiger partial charge on any atom is -0.497 e. The largest absolute Gasteiger partial charge is 0.497 e. The van der Waals surface area contributed by atoms with Crippen LogP contribution in [0.25, 0.3) is 0 Å². The molecular weight excluding hydrogens is 569 g/mol. The minimum atomic E-state index is -1.04. The van der Waals surface area contributed by atoms with E-state index in [1.807, 2.05) is 53.4 Å². The van der Waals surface area contributed by atoms with Crippen LogP contribution in [0.3, 0.4) is 0 Å². The fraction of sp³-hybridized carbons (Fsp3) is 0.344. The maximum absolute atomic E-state index is 14.3. The first kappa shape index (κ1) is 29.7. The summed E-state index contributed by atoms with van der Waals surface area (Å²) in [4.78, 5) is 32.4. The summed E-state index contributed by atoms with van der Waals surface area (Å²) in [5.41, 5.74) is 1.56. The summed E-state index contributed by atoms with van der Waals surface area (Å²) in [6.45, 7) is 0.968. The van der Waals surface area contributed by atoms with Crippen molar-refractivity contribution in [1.29, 1.82) is 0 Å². The van der Waals surface area contributed by atoms with Crippen molar-refractivity contribution in [2.24, 2.45) is 0 Å². The van der Waals surface area contributed by atoms with E-state index in [0.717, 1.165) is 22.6 Å². The molecule has 0 bridgehead atoms. The normalized spacial score (nSPS) is 17.7. The van der Waals surface area contributed by atoms with Crippen LogP contribution in [-0.2, 0) is 16.1 Å². The monoisotopic (exact) mass is 604 g/mol. The van der Waals surface area contributed by atoms with Crippen molar-refractivity contribution in [2.45, 2.75) is 31.0 Å². The van der Waals surface area contributed by atoms with Crippen LogP contribution in [0.15, 0.2) is 78.9 Å². The molecule has 2 fully saturated rings. The van der Waals surface area contributed by atoms with Gasteiger partial charge in [0.05, 0.1) is 32.5 Å². The van der Waals surface area contributed by atoms with Gasteiger partial charge in [-0.15, -0.1) is 0 Å². The maximum atomic E-state index is 14.3. The van der Waals surface area contributed by atoms with Gasteiger partial charge in [0.15, 0.2) is 5.11 Å². The molecule has 220 valence electrons. The number of anilines is 1. The second-order valence-electron chi connectivity index (χ2n) is 10.4. The van der Waals surface area contributed by atoms with E-state index in [-0.39, 0.29) is 24.4 Å². The van der Waals surface area contributed by atoms with Crippen molar-refractivity contribution >= 4 is 46.6 Å². The Bertz CT molecular complexity index is 1400. The van der Waals surface area contributed by atoms with Gasteiger partial charge in [0.1, 0.15) is 17.0 Å². The van der Waals surface area contributed by atoms with Crippen LogP contribution >= 0.6 is 24.0 Å². The Hall–Kier alpha value is -3.76. The van der Waals surface area contributed by atoms with Gasteiger partial charge in [0, 0.05) is 19.2 Å². The van der Waals surface area contributed by atoms with Crippen molar-refractivity contribution in [3.8, 4) is 11.5 Å². The van der Waals surface area contributed by atoms with Crippen molar-refractivity contribution in [3.05, 3.63) is 90.0 Å². The van der Waals surface area contributed by atoms with Crippen LogP contribution in [0.4, 0.5) is 5.69 Å². The molecule has 2 amide bonds. The van der Waals surface area contributed by atoms with Gasteiger partial charge in [-0.2, -0.15) is 11.8 Å². The number of amides is 2. The predicted octanol–water partition coefficient (Wildman–Crippen LogP) is 4.87. The molecule has 2 heterocycles. The number of thioether (sulfide) groups is 1. The lowest BCUT2D eigenvalue weighted by molar-refractivity contribution is -0.147. The Morgan fingerprint density at radius 1 is 1.02 bits per heavy atom. The number of methoxy groups -OCH3 is 2. The van der Waals surface area contributed by atoms with Gasteiger partial charge in [-0.05, 0) is 59.8 Å². The van der Waals surface area contributed by atoms with Gasteiger partial charge in [-0.1, -0.05) is 60.7 Å². The zero-order chi connectivity index (χ0) is 29.5. The smallest absolute Gasteiger partial charge is 0.250 e. The summed E-state index contributed by atoms with van der Waals surface area (Å²) in [7, 11) is 3.14. The predicted molar refractivity (Wildman–Crippen MR) is 171 cm³/mol. The first-order valence-corrected chi connectivity index (χ1v) is 15.6. The molecule has 0 aromatic heterocycles. The molecule has 2 aliphatic rings. The fourth-order valence-corrected chi connectivity index (χ4v) is 7.01. The van der Waals surface area contributed by atoms with Gasteiger partial charge in [0.25, 0.3) is 5.91 Å². The lowest BCUT2D eigenvalue weighted by Gasteiger charge is -2.45. The van der Waals surface area contributed by atoms with E-state index in [4.69, 9.17) is 21.7 Å². The third-order valence-electron chi connectivity index (χ3n) is 7.92. The van der Waals surface area contributed by atoms with E-state index < -0.39 is 5.54 Å². The number of nitrogens with zero attached hydrogens (tertiary/aromatic N) is 2. The Balaban J connectivity index is 1.44. The number of carbonyl (C=O) groups is 2. The number of thiocarbonyl (C=S) groups is 1. The van der Waals surface area contributed by atoms with Crippen LogP contribution in [-0.4, -0.2) is 71.1 Å². The van der Waals surface area contributed by atoms with Crippen LogP contribution < -0.4 is 20.1 Å². The lowest BCUT2D eigenvalue weighted by Crippen LogP contribution is -2.61. The van der Waals surface area contributed by atoms with Crippen LogP contribution in [0.5, 0.6) is 11.5 Å². The topological polar surface area (TPSA) is 83.1 Å². The Morgan fingerprint density at radius 3 is 2.38 bits per heavy atom. The summed E-state index contributed by atoms with van der Waals surface area (Å²) in [5, 5.41) is 7.00. The first-order valence-electron chi connectivity index (χ1n) is 14.0. The van der Waals surface area contributed by atoms with Gasteiger partial charge in [0.2, 0.25) is 5.91 Å². The number of benzene rings is 3. The standard InChI is InChI=1S/C32H36N4O4S2/c1-39-25-13-14-26(28(19-25)40-2)33-30(38)32(15-17-42-18-16-32)36(20-23-9-5-3-6-10-23)29(37)22-35-21-27(34-31(35)41)24-11-7-4-8-12-24/h3-14,19,27H,15-18,20-22H2,1-2H3,(H,33,38)(H,34,41)/t27-/m1/s1. The lowest BCUT2D eigenvalue weighted by atomic mass is 9.87. The molecule has 42 heavy (non-hydrogen) atoms. The summed E-state index contributed by atoms with van der Waals surface area (Å²) < 4.78 is 10.9.